The van der Waals surface area contributed by atoms with E-state index < -0.39 is 11.1 Å². The van der Waals surface area contributed by atoms with Gasteiger partial charge in [0.05, 0.1) is 22.0 Å². The van der Waals surface area contributed by atoms with Crippen LogP contribution in [0, 0.1) is 0 Å². The molecule has 0 bridgehead atoms. The van der Waals surface area contributed by atoms with Gasteiger partial charge in [-0.2, -0.15) is 0 Å². The lowest BCUT2D eigenvalue weighted by Gasteiger charge is -2.30. The van der Waals surface area contributed by atoms with Gasteiger partial charge in [-0.15, -0.1) is 0 Å². The van der Waals surface area contributed by atoms with Gasteiger partial charge in [-0.05, 0) is 68.8 Å². The molecular weight excluding hydrogens is 456 g/mol. The summed E-state index contributed by atoms with van der Waals surface area (Å²) >= 11 is 0. The summed E-state index contributed by atoms with van der Waals surface area (Å²) in [4.78, 5) is 28.2. The standard InChI is InChI=1S/C33H20N2O2/c36-31-25-12-4-8-16-30(25)35(32(37)34-31)20-17-18-24-23-11-3-7-15-28(23)33(29(24)19-20)26-13-5-1-9-21(26)22-10-2-6-14-27(22)33/h1-19H,(H,34,36,37). The normalized spacial score (nSPS) is 13.8. The molecule has 1 spiro atoms. The van der Waals surface area contributed by atoms with Crippen LogP contribution in [0.15, 0.2) is 125 Å². The first-order valence-electron chi connectivity index (χ1n) is 12.4. The molecule has 0 unspecified atom stereocenters. The number of aromatic nitrogens is 2. The molecule has 0 aliphatic heterocycles. The third kappa shape index (κ3) is 2.42. The minimum absolute atomic E-state index is 0.375. The largest absolute Gasteiger partial charge is 0.333 e. The fourth-order valence-electron chi connectivity index (χ4n) is 6.67. The van der Waals surface area contributed by atoms with E-state index in [1.165, 1.54) is 33.4 Å². The molecule has 6 aromatic rings. The van der Waals surface area contributed by atoms with Crippen LogP contribution in [0.3, 0.4) is 0 Å². The Hall–Kier alpha value is -4.96. The molecule has 1 N–H and O–H groups in total. The first-order chi connectivity index (χ1) is 18.2. The summed E-state index contributed by atoms with van der Waals surface area (Å²) in [7, 11) is 0. The summed E-state index contributed by atoms with van der Waals surface area (Å²) in [5.74, 6) is 0. The van der Waals surface area contributed by atoms with Gasteiger partial charge in [0, 0.05) is 0 Å². The molecule has 0 radical (unpaired) electrons. The number of rotatable bonds is 1. The van der Waals surface area contributed by atoms with Crippen molar-refractivity contribution in [2.24, 2.45) is 0 Å². The van der Waals surface area contributed by atoms with E-state index in [0.29, 0.717) is 10.9 Å². The van der Waals surface area contributed by atoms with Crippen LogP contribution >= 0.6 is 0 Å². The molecule has 0 atom stereocenters. The molecule has 1 heterocycles. The average Bonchev–Trinajstić information content (AvgIpc) is 3.40. The van der Waals surface area contributed by atoms with E-state index in [9.17, 15) is 9.59 Å². The van der Waals surface area contributed by atoms with Crippen molar-refractivity contribution in [1.82, 2.24) is 9.55 Å². The monoisotopic (exact) mass is 476 g/mol. The molecule has 37 heavy (non-hydrogen) atoms. The van der Waals surface area contributed by atoms with Crippen molar-refractivity contribution in [3.05, 3.63) is 158 Å². The fraction of sp³-hybridized carbons (Fsp3) is 0.0303. The SMILES string of the molecule is O=c1[nH]c(=O)n(-c2ccc3c(c2)C2(c4ccccc4-c4ccccc42)c2ccccc2-3)c2ccccc12. The molecule has 8 rings (SSSR count). The van der Waals surface area contributed by atoms with Gasteiger partial charge >= 0.3 is 5.69 Å². The Morgan fingerprint density at radius 1 is 0.541 bits per heavy atom. The number of hydrogen-bond donors (Lipinski definition) is 1. The van der Waals surface area contributed by atoms with Gasteiger partial charge in [0.1, 0.15) is 0 Å². The van der Waals surface area contributed by atoms with Crippen molar-refractivity contribution >= 4 is 10.9 Å². The number of aromatic amines is 1. The summed E-state index contributed by atoms with van der Waals surface area (Å²) in [6.45, 7) is 0. The zero-order valence-corrected chi connectivity index (χ0v) is 19.7. The Morgan fingerprint density at radius 2 is 1.05 bits per heavy atom. The lowest BCUT2D eigenvalue weighted by Crippen LogP contribution is -2.30. The predicted molar refractivity (Wildman–Crippen MR) is 146 cm³/mol. The maximum Gasteiger partial charge on any atom is 0.333 e. The molecule has 0 saturated carbocycles. The second kappa shape index (κ2) is 7.05. The molecule has 4 nitrogen and oxygen atoms in total. The Bertz CT molecular complexity index is 1980. The van der Waals surface area contributed by atoms with Crippen LogP contribution in [0.1, 0.15) is 22.3 Å². The van der Waals surface area contributed by atoms with Gasteiger partial charge < -0.3 is 0 Å². The highest BCUT2D eigenvalue weighted by Crippen LogP contribution is 2.62. The highest BCUT2D eigenvalue weighted by molar-refractivity contribution is 5.95. The molecule has 5 aromatic carbocycles. The fourth-order valence-corrected chi connectivity index (χ4v) is 6.67. The van der Waals surface area contributed by atoms with Gasteiger partial charge in [0.15, 0.2) is 0 Å². The minimum Gasteiger partial charge on any atom is -0.273 e. The van der Waals surface area contributed by atoms with Crippen molar-refractivity contribution < 1.29 is 0 Å². The number of nitrogens with zero attached hydrogens (tertiary/aromatic N) is 1. The van der Waals surface area contributed by atoms with Crippen molar-refractivity contribution in [3.8, 4) is 27.9 Å². The van der Waals surface area contributed by atoms with Crippen molar-refractivity contribution in [2.75, 3.05) is 0 Å². The molecule has 174 valence electrons. The minimum atomic E-state index is -0.489. The van der Waals surface area contributed by atoms with E-state index in [0.717, 1.165) is 16.8 Å². The summed E-state index contributed by atoms with van der Waals surface area (Å²) < 4.78 is 1.61. The molecule has 2 aliphatic carbocycles. The summed E-state index contributed by atoms with van der Waals surface area (Å²) in [6.07, 6.45) is 0. The van der Waals surface area contributed by atoms with E-state index in [1.807, 2.05) is 24.3 Å². The van der Waals surface area contributed by atoms with E-state index >= 15 is 0 Å². The average molecular weight is 477 g/mol. The number of hydrogen-bond acceptors (Lipinski definition) is 2. The van der Waals surface area contributed by atoms with Crippen LogP contribution in [0.5, 0.6) is 0 Å². The van der Waals surface area contributed by atoms with Crippen LogP contribution in [0.2, 0.25) is 0 Å². The highest BCUT2D eigenvalue weighted by atomic mass is 16.2. The van der Waals surface area contributed by atoms with Gasteiger partial charge in [0.25, 0.3) is 5.56 Å². The Kier molecular flexibility index (Phi) is 3.86. The Labute approximate surface area is 212 Å². The molecule has 1 aromatic heterocycles. The lowest BCUT2D eigenvalue weighted by molar-refractivity contribution is 0.791. The zero-order valence-electron chi connectivity index (χ0n) is 19.7. The van der Waals surface area contributed by atoms with Crippen LogP contribution in [-0.2, 0) is 5.41 Å². The van der Waals surface area contributed by atoms with Crippen LogP contribution in [0.25, 0.3) is 38.8 Å². The number of nitrogens with one attached hydrogen (secondary N) is 1. The molecule has 0 amide bonds. The first kappa shape index (κ1) is 20.3. The lowest BCUT2D eigenvalue weighted by atomic mass is 9.70. The number of fused-ring (bicyclic) bond motifs is 11. The highest BCUT2D eigenvalue weighted by Gasteiger charge is 2.51. The third-order valence-electron chi connectivity index (χ3n) is 8.05. The molecule has 0 fully saturated rings. The second-order valence-corrected chi connectivity index (χ2v) is 9.73. The number of para-hydroxylation sites is 1. The quantitative estimate of drug-likeness (QED) is 0.315. The Morgan fingerprint density at radius 3 is 1.68 bits per heavy atom. The van der Waals surface area contributed by atoms with Crippen molar-refractivity contribution in [3.63, 3.8) is 0 Å². The summed E-state index contributed by atoms with van der Waals surface area (Å²) in [5, 5.41) is 0.483. The third-order valence-corrected chi connectivity index (χ3v) is 8.05. The smallest absolute Gasteiger partial charge is 0.273 e. The van der Waals surface area contributed by atoms with E-state index in [4.69, 9.17) is 0 Å². The van der Waals surface area contributed by atoms with Gasteiger partial charge in [-0.25, -0.2) is 4.79 Å². The second-order valence-electron chi connectivity index (χ2n) is 9.73. The summed E-state index contributed by atoms with van der Waals surface area (Å²) in [6, 6.07) is 39.4. The number of H-pyrrole nitrogens is 1. The van der Waals surface area contributed by atoms with Gasteiger partial charge in [0.2, 0.25) is 0 Å². The van der Waals surface area contributed by atoms with E-state index in [2.05, 4.69) is 89.9 Å². The maximum atomic E-state index is 13.2. The molecule has 0 saturated heterocycles. The molecule has 2 aliphatic rings. The number of benzene rings is 5. The van der Waals surface area contributed by atoms with Crippen molar-refractivity contribution in [2.45, 2.75) is 5.41 Å². The van der Waals surface area contributed by atoms with Gasteiger partial charge in [-0.3, -0.25) is 14.3 Å². The molecule has 4 heteroatoms. The van der Waals surface area contributed by atoms with Gasteiger partial charge in [-0.1, -0.05) is 91.0 Å². The van der Waals surface area contributed by atoms with Crippen LogP contribution in [0.4, 0.5) is 0 Å². The zero-order chi connectivity index (χ0) is 24.7. The van der Waals surface area contributed by atoms with E-state index in [1.54, 1.807) is 10.6 Å². The van der Waals surface area contributed by atoms with E-state index in [-0.39, 0.29) is 5.56 Å². The summed E-state index contributed by atoms with van der Waals surface area (Å²) in [5.41, 5.74) is 9.73. The Balaban J connectivity index is 1.52. The van der Waals surface area contributed by atoms with Crippen LogP contribution < -0.4 is 11.2 Å². The first-order valence-corrected chi connectivity index (χ1v) is 12.4. The maximum absolute atomic E-state index is 13.2. The molecular formula is C33H20N2O2. The van der Waals surface area contributed by atoms with Crippen molar-refractivity contribution in [1.29, 1.82) is 0 Å². The predicted octanol–water partition coefficient (Wildman–Crippen LogP) is 6.02. The topological polar surface area (TPSA) is 54.9 Å². The van der Waals surface area contributed by atoms with Crippen LogP contribution in [-0.4, -0.2) is 9.55 Å².